The fourth-order valence-electron chi connectivity index (χ4n) is 1.44. The number of nitrogens with two attached hydrogens (primary N) is 1. The number of sulfonamides is 1. The molecule has 19 heavy (non-hydrogen) atoms. The van der Waals surface area contributed by atoms with E-state index in [2.05, 4.69) is 4.72 Å². The zero-order valence-electron chi connectivity index (χ0n) is 11.6. The first-order chi connectivity index (χ1) is 8.65. The summed E-state index contributed by atoms with van der Waals surface area (Å²) >= 11 is 0. The molecule has 0 heterocycles. The van der Waals surface area contributed by atoms with Crippen molar-refractivity contribution in [2.24, 2.45) is 0 Å². The van der Waals surface area contributed by atoms with Gasteiger partial charge in [-0.15, -0.1) is 0 Å². The molecule has 0 spiro atoms. The molecule has 2 unspecified atom stereocenters. The van der Waals surface area contributed by atoms with Gasteiger partial charge >= 0.3 is 0 Å². The highest BCUT2D eigenvalue weighted by atomic mass is 32.2. The molecule has 1 aromatic carbocycles. The highest BCUT2D eigenvalue weighted by Crippen LogP contribution is 2.21. The van der Waals surface area contributed by atoms with Crippen LogP contribution >= 0.6 is 0 Å². The number of hydrogen-bond donors (Lipinski definition) is 2. The minimum absolute atomic E-state index is 0.137. The summed E-state index contributed by atoms with van der Waals surface area (Å²) in [6.45, 7) is 5.52. The second kappa shape index (κ2) is 6.02. The molecule has 108 valence electrons. The van der Waals surface area contributed by atoms with Crippen LogP contribution in [0.1, 0.15) is 18.1 Å². The molecule has 0 bridgehead atoms. The first kappa shape index (κ1) is 16.1. The van der Waals surface area contributed by atoms with Crippen molar-refractivity contribution in [3.8, 4) is 0 Å². The minimum Gasteiger partial charge on any atom is -0.398 e. The highest BCUT2D eigenvalue weighted by molar-refractivity contribution is 7.89. The van der Waals surface area contributed by atoms with Gasteiger partial charge in [-0.1, -0.05) is 0 Å². The number of nitrogen functional groups attached to an aromatic ring is 1. The molecule has 0 amide bonds. The Balaban J connectivity index is 2.98. The summed E-state index contributed by atoms with van der Waals surface area (Å²) in [5.41, 5.74) is 7.94. The summed E-state index contributed by atoms with van der Waals surface area (Å²) in [4.78, 5) is 0.141. The number of rotatable bonds is 5. The molecule has 0 aliphatic carbocycles. The van der Waals surface area contributed by atoms with Crippen LogP contribution in [0, 0.1) is 13.8 Å². The van der Waals surface area contributed by atoms with Crippen LogP contribution in [0.2, 0.25) is 0 Å². The van der Waals surface area contributed by atoms with Crippen LogP contribution < -0.4 is 10.5 Å². The Morgan fingerprint density at radius 1 is 1.37 bits per heavy atom. The molecule has 0 saturated heterocycles. The quantitative estimate of drug-likeness (QED) is 0.792. The second-order valence-electron chi connectivity index (χ2n) is 4.62. The summed E-state index contributed by atoms with van der Waals surface area (Å²) in [7, 11) is -4.68. The third-order valence-electron chi connectivity index (χ3n) is 3.12. The van der Waals surface area contributed by atoms with E-state index in [-0.39, 0.29) is 16.7 Å². The number of benzene rings is 1. The molecule has 3 N–H and O–H groups in total. The zero-order chi connectivity index (χ0) is 14.8. The molecular weight excluding hydrogens is 284 g/mol. The van der Waals surface area contributed by atoms with Crippen molar-refractivity contribution >= 4 is 26.5 Å². The van der Waals surface area contributed by atoms with Crippen LogP contribution in [0.25, 0.3) is 0 Å². The Morgan fingerprint density at radius 2 is 1.95 bits per heavy atom. The van der Waals surface area contributed by atoms with Crippen LogP contribution in [0.15, 0.2) is 17.0 Å². The largest absolute Gasteiger partial charge is 0.398 e. The van der Waals surface area contributed by atoms with Gasteiger partial charge in [-0.3, -0.25) is 4.21 Å². The predicted molar refractivity (Wildman–Crippen MR) is 79.0 cm³/mol. The van der Waals surface area contributed by atoms with Crippen LogP contribution in [-0.2, 0) is 20.8 Å². The second-order valence-corrected chi connectivity index (χ2v) is 8.18. The maximum atomic E-state index is 12.1. The Hall–Kier alpha value is -0.920. The molecule has 1 rings (SSSR count). The number of hydrogen-bond acceptors (Lipinski definition) is 4. The normalized spacial score (nSPS) is 15.2. The van der Waals surface area contributed by atoms with Gasteiger partial charge in [0.05, 0.1) is 4.90 Å². The Morgan fingerprint density at radius 3 is 2.42 bits per heavy atom. The molecule has 0 aromatic heterocycles. The average molecular weight is 304 g/mol. The van der Waals surface area contributed by atoms with E-state index in [4.69, 9.17) is 5.73 Å². The van der Waals surface area contributed by atoms with Crippen molar-refractivity contribution in [3.63, 3.8) is 0 Å². The minimum atomic E-state index is -3.62. The van der Waals surface area contributed by atoms with E-state index in [1.54, 1.807) is 19.2 Å². The van der Waals surface area contributed by atoms with Crippen molar-refractivity contribution in [2.45, 2.75) is 30.9 Å². The number of nitrogens with one attached hydrogen (secondary N) is 1. The average Bonchev–Trinajstić information content (AvgIpc) is 2.32. The third kappa shape index (κ3) is 4.02. The summed E-state index contributed by atoms with van der Waals surface area (Å²) in [6.07, 6.45) is 1.55. The lowest BCUT2D eigenvalue weighted by Crippen LogP contribution is -2.32. The van der Waals surface area contributed by atoms with E-state index in [0.29, 0.717) is 5.69 Å². The van der Waals surface area contributed by atoms with E-state index in [9.17, 15) is 12.6 Å². The molecular formula is C12H20N2O3S2. The first-order valence-electron chi connectivity index (χ1n) is 5.83. The van der Waals surface area contributed by atoms with Crippen molar-refractivity contribution in [1.29, 1.82) is 0 Å². The van der Waals surface area contributed by atoms with Crippen molar-refractivity contribution < 1.29 is 12.6 Å². The number of aryl methyl sites for hydroxylation is 1. The molecule has 5 nitrogen and oxygen atoms in total. The van der Waals surface area contributed by atoms with Crippen LogP contribution in [0.3, 0.4) is 0 Å². The Labute approximate surface area is 117 Å². The van der Waals surface area contributed by atoms with Crippen LogP contribution in [0.5, 0.6) is 0 Å². The molecule has 2 atom stereocenters. The summed E-state index contributed by atoms with van der Waals surface area (Å²) in [5, 5.41) is -0.237. The Bertz CT molecular complexity index is 574. The third-order valence-corrected chi connectivity index (χ3v) is 5.82. The van der Waals surface area contributed by atoms with E-state index < -0.39 is 20.8 Å². The molecule has 0 radical (unpaired) electrons. The molecule has 0 aliphatic rings. The van der Waals surface area contributed by atoms with Crippen LogP contribution in [-0.4, -0.2) is 30.7 Å². The van der Waals surface area contributed by atoms with Gasteiger partial charge in [0.15, 0.2) is 0 Å². The first-order valence-corrected chi connectivity index (χ1v) is 8.94. The van der Waals surface area contributed by atoms with Crippen molar-refractivity contribution in [3.05, 3.63) is 23.3 Å². The molecule has 7 heteroatoms. The van der Waals surface area contributed by atoms with Gasteiger partial charge in [0.25, 0.3) is 0 Å². The maximum absolute atomic E-state index is 12.1. The lowest BCUT2D eigenvalue weighted by atomic mass is 10.1. The van der Waals surface area contributed by atoms with Crippen LogP contribution in [0.4, 0.5) is 5.69 Å². The molecule has 0 saturated carbocycles. The monoisotopic (exact) mass is 304 g/mol. The zero-order valence-corrected chi connectivity index (χ0v) is 13.2. The van der Waals surface area contributed by atoms with Gasteiger partial charge in [-0.2, -0.15) is 0 Å². The molecule has 0 aliphatic heterocycles. The van der Waals surface area contributed by atoms with Gasteiger partial charge < -0.3 is 5.73 Å². The van der Waals surface area contributed by atoms with Gasteiger partial charge in [-0.05, 0) is 44.0 Å². The SMILES string of the molecule is Cc1cc(S(=O)(=O)NCC(C)S(C)=O)cc(N)c1C. The van der Waals surface area contributed by atoms with Crippen molar-refractivity contribution in [1.82, 2.24) is 4.72 Å². The van der Waals surface area contributed by atoms with Crippen molar-refractivity contribution in [2.75, 3.05) is 18.5 Å². The standard InChI is InChI=1S/C12H20N2O3S2/c1-8-5-11(6-12(13)10(8)3)19(16,17)14-7-9(2)18(4)15/h5-6,9,14H,7,13H2,1-4H3. The molecule has 1 aromatic rings. The van der Waals surface area contributed by atoms with E-state index in [0.717, 1.165) is 11.1 Å². The highest BCUT2D eigenvalue weighted by Gasteiger charge is 2.18. The molecule has 0 fully saturated rings. The van der Waals surface area contributed by atoms with E-state index in [1.807, 2.05) is 13.8 Å². The summed E-state index contributed by atoms with van der Waals surface area (Å²) < 4.78 is 37.9. The maximum Gasteiger partial charge on any atom is 0.240 e. The van der Waals surface area contributed by atoms with E-state index in [1.165, 1.54) is 6.07 Å². The lowest BCUT2D eigenvalue weighted by molar-refractivity contribution is 0.580. The fraction of sp³-hybridized carbons (Fsp3) is 0.500. The summed E-state index contributed by atoms with van der Waals surface area (Å²) in [5.74, 6) is 0. The Kier molecular flexibility index (Phi) is 5.11. The summed E-state index contributed by atoms with van der Waals surface area (Å²) in [6, 6.07) is 3.03. The topological polar surface area (TPSA) is 89.3 Å². The fourth-order valence-corrected chi connectivity index (χ4v) is 3.11. The van der Waals surface area contributed by atoms with Gasteiger partial charge in [0.1, 0.15) is 0 Å². The van der Waals surface area contributed by atoms with Gasteiger partial charge in [-0.25, -0.2) is 13.1 Å². The number of anilines is 1. The predicted octanol–water partition coefficient (Wildman–Crippen LogP) is 0.931. The van der Waals surface area contributed by atoms with Gasteiger partial charge in [0.2, 0.25) is 10.0 Å². The van der Waals surface area contributed by atoms with Gasteiger partial charge in [0, 0.05) is 34.5 Å². The smallest absolute Gasteiger partial charge is 0.240 e. The lowest BCUT2D eigenvalue weighted by Gasteiger charge is -2.13. The van der Waals surface area contributed by atoms with E-state index >= 15 is 0 Å².